The fraction of sp³-hybridized carbons (Fsp3) is 0.846. The van der Waals surface area contributed by atoms with Gasteiger partial charge in [0.1, 0.15) is 0 Å². The Morgan fingerprint density at radius 3 is 2.94 bits per heavy atom. The Kier molecular flexibility index (Phi) is 2.69. The Balaban J connectivity index is 1.76. The molecule has 4 nitrogen and oxygen atoms in total. The summed E-state index contributed by atoms with van der Waals surface area (Å²) in [6.07, 6.45) is 6.07. The minimum absolute atomic E-state index is 0.216. The van der Waals surface area contributed by atoms with Crippen LogP contribution >= 0.6 is 0 Å². The molecule has 0 spiro atoms. The predicted molar refractivity (Wildman–Crippen MR) is 64.9 cm³/mol. The lowest BCUT2D eigenvalue weighted by Gasteiger charge is -2.16. The van der Waals surface area contributed by atoms with Crippen molar-refractivity contribution in [1.29, 1.82) is 0 Å². The molecule has 94 valence electrons. The van der Waals surface area contributed by atoms with Crippen molar-refractivity contribution in [2.24, 2.45) is 0 Å². The van der Waals surface area contributed by atoms with E-state index in [0.29, 0.717) is 12.0 Å². The summed E-state index contributed by atoms with van der Waals surface area (Å²) in [7, 11) is 0. The minimum Gasteiger partial charge on any atom is -0.339 e. The first kappa shape index (κ1) is 11.2. The Labute approximate surface area is 102 Å². The molecule has 2 aliphatic carbocycles. The average Bonchev–Trinajstić information content (AvgIpc) is 2.79. The number of hydrogen-bond acceptors (Lipinski definition) is 4. The van der Waals surface area contributed by atoms with E-state index >= 15 is 0 Å². The van der Waals surface area contributed by atoms with Gasteiger partial charge >= 0.3 is 0 Å². The van der Waals surface area contributed by atoms with E-state index < -0.39 is 0 Å². The van der Waals surface area contributed by atoms with Crippen molar-refractivity contribution in [3.8, 4) is 0 Å². The van der Waals surface area contributed by atoms with E-state index in [2.05, 4.69) is 29.3 Å². The third kappa shape index (κ3) is 1.99. The molecule has 0 aromatic carbocycles. The van der Waals surface area contributed by atoms with E-state index in [0.717, 1.165) is 18.3 Å². The van der Waals surface area contributed by atoms with Gasteiger partial charge in [-0.25, -0.2) is 0 Å². The van der Waals surface area contributed by atoms with Gasteiger partial charge < -0.3 is 9.84 Å². The van der Waals surface area contributed by atoms with Crippen LogP contribution in [0.2, 0.25) is 0 Å². The van der Waals surface area contributed by atoms with Crippen molar-refractivity contribution in [3.05, 3.63) is 11.7 Å². The quantitative estimate of drug-likeness (QED) is 0.870. The van der Waals surface area contributed by atoms with Gasteiger partial charge in [-0.15, -0.1) is 0 Å². The molecule has 2 atom stereocenters. The van der Waals surface area contributed by atoms with Crippen LogP contribution in [0.1, 0.15) is 63.6 Å². The number of aromatic nitrogens is 2. The first-order valence-electron chi connectivity index (χ1n) is 6.80. The fourth-order valence-electron chi connectivity index (χ4n) is 2.80. The summed E-state index contributed by atoms with van der Waals surface area (Å²) < 4.78 is 5.49. The van der Waals surface area contributed by atoms with Crippen LogP contribution in [-0.2, 0) is 5.41 Å². The van der Waals surface area contributed by atoms with Gasteiger partial charge in [0.2, 0.25) is 5.89 Å². The van der Waals surface area contributed by atoms with Gasteiger partial charge in [0.15, 0.2) is 5.82 Å². The lowest BCUT2D eigenvalue weighted by Crippen LogP contribution is -2.31. The van der Waals surface area contributed by atoms with E-state index in [4.69, 9.17) is 4.52 Å². The maximum Gasteiger partial charge on any atom is 0.231 e. The van der Waals surface area contributed by atoms with Gasteiger partial charge in [-0.2, -0.15) is 4.98 Å². The normalized spacial score (nSPS) is 30.7. The summed E-state index contributed by atoms with van der Waals surface area (Å²) in [6.45, 7) is 5.39. The molecule has 2 aliphatic rings. The summed E-state index contributed by atoms with van der Waals surface area (Å²) in [5, 5.41) is 7.70. The maximum atomic E-state index is 5.49. The largest absolute Gasteiger partial charge is 0.339 e. The summed E-state index contributed by atoms with van der Waals surface area (Å²) in [5.74, 6) is 2.21. The van der Waals surface area contributed by atoms with Crippen molar-refractivity contribution >= 4 is 0 Å². The van der Waals surface area contributed by atoms with E-state index in [1.807, 2.05) is 0 Å². The fourth-order valence-corrected chi connectivity index (χ4v) is 2.80. The lowest BCUT2D eigenvalue weighted by atomic mass is 10.0. The highest BCUT2D eigenvalue weighted by molar-refractivity contribution is 5.15. The Morgan fingerprint density at radius 2 is 2.24 bits per heavy atom. The van der Waals surface area contributed by atoms with Crippen molar-refractivity contribution in [2.75, 3.05) is 6.54 Å². The zero-order valence-corrected chi connectivity index (χ0v) is 10.7. The molecule has 0 saturated heterocycles. The number of nitrogens with one attached hydrogen (secondary N) is 1. The van der Waals surface area contributed by atoms with Crippen LogP contribution in [0, 0.1) is 0 Å². The molecule has 2 unspecified atom stereocenters. The molecule has 1 aromatic rings. The Bertz CT molecular complexity index is 397. The SMILES string of the molecule is CCNC1CCCC1c1nc(C2(C)CC2)no1. The van der Waals surface area contributed by atoms with Crippen molar-refractivity contribution in [1.82, 2.24) is 15.5 Å². The molecule has 4 heteroatoms. The number of hydrogen-bond donors (Lipinski definition) is 1. The van der Waals surface area contributed by atoms with Crippen LogP contribution < -0.4 is 5.32 Å². The standard InChI is InChI=1S/C13H21N3O/c1-3-14-10-6-4-5-9(10)11-15-12(16-17-11)13(2)7-8-13/h9-10,14H,3-8H2,1-2H3. The van der Waals surface area contributed by atoms with Crippen LogP contribution in [0.3, 0.4) is 0 Å². The second-order valence-corrected chi connectivity index (χ2v) is 5.72. The zero-order valence-electron chi connectivity index (χ0n) is 10.7. The third-order valence-corrected chi connectivity index (χ3v) is 4.28. The van der Waals surface area contributed by atoms with Gasteiger partial charge in [0, 0.05) is 11.5 Å². The first-order valence-corrected chi connectivity index (χ1v) is 6.80. The maximum absolute atomic E-state index is 5.49. The molecule has 0 aliphatic heterocycles. The van der Waals surface area contributed by atoms with Crippen LogP contribution in [0.5, 0.6) is 0 Å². The topological polar surface area (TPSA) is 51.0 Å². The van der Waals surface area contributed by atoms with E-state index in [1.54, 1.807) is 0 Å². The zero-order chi connectivity index (χ0) is 11.9. The van der Waals surface area contributed by atoms with Crippen molar-refractivity contribution < 1.29 is 4.52 Å². The molecular formula is C13H21N3O. The number of rotatable bonds is 4. The molecule has 0 radical (unpaired) electrons. The molecule has 3 rings (SSSR count). The first-order chi connectivity index (χ1) is 8.23. The highest BCUT2D eigenvalue weighted by Gasteiger charge is 2.44. The molecule has 1 heterocycles. The predicted octanol–water partition coefficient (Wildman–Crippen LogP) is 2.37. The second kappa shape index (κ2) is 4.09. The van der Waals surface area contributed by atoms with Crippen LogP contribution in [-0.4, -0.2) is 22.7 Å². The monoisotopic (exact) mass is 235 g/mol. The van der Waals surface area contributed by atoms with Gasteiger partial charge in [-0.05, 0) is 32.2 Å². The number of likely N-dealkylation sites (N-methyl/N-ethyl adjacent to an activating group) is 1. The van der Waals surface area contributed by atoms with Crippen molar-refractivity contribution in [3.63, 3.8) is 0 Å². The molecule has 1 aromatic heterocycles. The highest BCUT2D eigenvalue weighted by atomic mass is 16.5. The lowest BCUT2D eigenvalue weighted by molar-refractivity contribution is 0.327. The third-order valence-electron chi connectivity index (χ3n) is 4.28. The van der Waals surface area contributed by atoms with Crippen LogP contribution in [0.4, 0.5) is 0 Å². The van der Waals surface area contributed by atoms with Gasteiger partial charge in [-0.3, -0.25) is 0 Å². The molecule has 1 N–H and O–H groups in total. The summed E-state index contributed by atoms with van der Waals surface area (Å²) in [5.41, 5.74) is 0.216. The summed E-state index contributed by atoms with van der Waals surface area (Å²) in [4.78, 5) is 4.64. The van der Waals surface area contributed by atoms with Gasteiger partial charge in [0.25, 0.3) is 0 Å². The van der Waals surface area contributed by atoms with Gasteiger partial charge in [0.05, 0.1) is 5.92 Å². The van der Waals surface area contributed by atoms with Gasteiger partial charge in [-0.1, -0.05) is 25.4 Å². The molecule has 17 heavy (non-hydrogen) atoms. The van der Waals surface area contributed by atoms with E-state index in [9.17, 15) is 0 Å². The molecule has 0 bridgehead atoms. The number of nitrogens with zero attached hydrogens (tertiary/aromatic N) is 2. The second-order valence-electron chi connectivity index (χ2n) is 5.72. The van der Waals surface area contributed by atoms with Crippen LogP contribution in [0.15, 0.2) is 4.52 Å². The Hall–Kier alpha value is -0.900. The van der Waals surface area contributed by atoms with Crippen molar-refractivity contribution in [2.45, 2.75) is 63.3 Å². The van der Waals surface area contributed by atoms with Crippen LogP contribution in [0.25, 0.3) is 0 Å². The Morgan fingerprint density at radius 1 is 1.41 bits per heavy atom. The molecule has 2 fully saturated rings. The minimum atomic E-state index is 0.216. The summed E-state index contributed by atoms with van der Waals surface area (Å²) >= 11 is 0. The van der Waals surface area contributed by atoms with E-state index in [1.165, 1.54) is 32.1 Å². The highest BCUT2D eigenvalue weighted by Crippen LogP contribution is 2.46. The average molecular weight is 235 g/mol. The smallest absolute Gasteiger partial charge is 0.231 e. The van der Waals surface area contributed by atoms with E-state index in [-0.39, 0.29) is 5.41 Å². The summed E-state index contributed by atoms with van der Waals surface area (Å²) in [6, 6.07) is 0.528. The molecule has 2 saturated carbocycles. The molecule has 0 amide bonds. The molecular weight excluding hydrogens is 214 g/mol.